The van der Waals surface area contributed by atoms with E-state index in [-0.39, 0.29) is 12.3 Å². The third kappa shape index (κ3) is 2.74. The van der Waals surface area contributed by atoms with Crippen LogP contribution in [0.25, 0.3) is 11.0 Å². The number of hydrogen-bond donors (Lipinski definition) is 1. The van der Waals surface area contributed by atoms with Gasteiger partial charge < -0.3 is 10.3 Å². The first kappa shape index (κ1) is 12.3. The minimum absolute atomic E-state index is 0.0452. The van der Waals surface area contributed by atoms with Crippen molar-refractivity contribution >= 4 is 17.0 Å². The van der Waals surface area contributed by atoms with Crippen LogP contribution in [0.3, 0.4) is 0 Å². The summed E-state index contributed by atoms with van der Waals surface area (Å²) in [7, 11) is 0. The topological polar surface area (TPSA) is 77.1 Å². The summed E-state index contributed by atoms with van der Waals surface area (Å²) in [6.07, 6.45) is 1.98. The first-order valence-corrected chi connectivity index (χ1v) is 5.76. The first-order chi connectivity index (χ1) is 8.56. The van der Waals surface area contributed by atoms with Crippen LogP contribution in [0.1, 0.15) is 19.0 Å². The summed E-state index contributed by atoms with van der Waals surface area (Å²) < 4.78 is 0.783. The van der Waals surface area contributed by atoms with Gasteiger partial charge in [0.25, 0.3) is 0 Å². The van der Waals surface area contributed by atoms with Crippen molar-refractivity contribution in [2.24, 2.45) is 5.92 Å². The van der Waals surface area contributed by atoms with Gasteiger partial charge in [-0.2, -0.15) is 4.73 Å². The van der Waals surface area contributed by atoms with Crippen LogP contribution in [-0.4, -0.2) is 16.1 Å². The molecule has 0 aliphatic carbocycles. The Labute approximate surface area is 104 Å². The van der Waals surface area contributed by atoms with E-state index in [2.05, 4.69) is 4.98 Å². The molecule has 1 heterocycles. The van der Waals surface area contributed by atoms with E-state index >= 15 is 0 Å². The summed E-state index contributed by atoms with van der Waals surface area (Å²) in [5.41, 5.74) is 1.78. The molecule has 0 saturated carbocycles. The molecule has 0 aliphatic heterocycles. The summed E-state index contributed by atoms with van der Waals surface area (Å²) in [6.45, 7) is 1.83. The van der Waals surface area contributed by atoms with Gasteiger partial charge in [0.1, 0.15) is 11.2 Å². The normalized spacial score (nSPS) is 12.5. The molecule has 2 aromatic rings. The second-order valence-corrected chi connectivity index (χ2v) is 4.45. The number of para-hydroxylation sites is 2. The van der Waals surface area contributed by atoms with Gasteiger partial charge in [-0.15, -0.1) is 0 Å². The van der Waals surface area contributed by atoms with Crippen LogP contribution in [-0.2, 0) is 11.2 Å². The van der Waals surface area contributed by atoms with Gasteiger partial charge in [0.15, 0.2) is 0 Å². The summed E-state index contributed by atoms with van der Waals surface area (Å²) >= 11 is 0. The molecule has 0 bridgehead atoms. The maximum atomic E-state index is 11.8. The Bertz CT molecular complexity index is 583. The Morgan fingerprint density at radius 1 is 1.50 bits per heavy atom. The SMILES string of the molecule is CC(CC(=O)O)Cc1c[n+]([O-])c2ccccc2n1. The zero-order valence-corrected chi connectivity index (χ0v) is 10.0. The summed E-state index contributed by atoms with van der Waals surface area (Å²) in [5, 5.41) is 20.5. The molecule has 5 heteroatoms. The predicted octanol–water partition coefficient (Wildman–Crippen LogP) is 1.52. The van der Waals surface area contributed by atoms with Crippen molar-refractivity contribution in [1.82, 2.24) is 4.98 Å². The molecule has 0 fully saturated rings. The van der Waals surface area contributed by atoms with Crippen molar-refractivity contribution in [3.63, 3.8) is 0 Å². The lowest BCUT2D eigenvalue weighted by atomic mass is 10.0. The smallest absolute Gasteiger partial charge is 0.303 e. The average molecular weight is 246 g/mol. The number of nitrogens with zero attached hydrogens (tertiary/aromatic N) is 2. The fourth-order valence-electron chi connectivity index (χ4n) is 1.96. The molecule has 0 aliphatic rings. The molecule has 18 heavy (non-hydrogen) atoms. The quantitative estimate of drug-likeness (QED) is 0.655. The van der Waals surface area contributed by atoms with Gasteiger partial charge in [-0.25, -0.2) is 4.98 Å². The van der Waals surface area contributed by atoms with Gasteiger partial charge in [0, 0.05) is 12.5 Å². The van der Waals surface area contributed by atoms with Crippen LogP contribution >= 0.6 is 0 Å². The van der Waals surface area contributed by atoms with Crippen molar-refractivity contribution < 1.29 is 14.6 Å². The highest BCUT2D eigenvalue weighted by molar-refractivity contribution is 5.70. The number of carboxylic acid groups (broad SMARTS) is 1. The van der Waals surface area contributed by atoms with Gasteiger partial charge >= 0.3 is 5.97 Å². The second kappa shape index (κ2) is 5.00. The second-order valence-electron chi connectivity index (χ2n) is 4.45. The molecule has 0 saturated heterocycles. The van der Waals surface area contributed by atoms with E-state index in [1.807, 2.05) is 13.0 Å². The number of fused-ring (bicyclic) bond motifs is 1. The number of aliphatic carboxylic acids is 1. The number of carboxylic acids is 1. The number of hydrogen-bond acceptors (Lipinski definition) is 3. The highest BCUT2D eigenvalue weighted by atomic mass is 16.5. The van der Waals surface area contributed by atoms with Gasteiger partial charge in [0.05, 0.1) is 0 Å². The Balaban J connectivity index is 2.27. The van der Waals surface area contributed by atoms with E-state index in [0.29, 0.717) is 23.1 Å². The summed E-state index contributed by atoms with van der Waals surface area (Å²) in [4.78, 5) is 15.0. The van der Waals surface area contributed by atoms with Gasteiger partial charge in [-0.1, -0.05) is 19.1 Å². The zero-order valence-electron chi connectivity index (χ0n) is 10.0. The van der Waals surface area contributed by atoms with Crippen molar-refractivity contribution in [2.75, 3.05) is 0 Å². The Hall–Kier alpha value is -2.17. The summed E-state index contributed by atoms with van der Waals surface area (Å²) in [5.74, 6) is -0.880. The van der Waals surface area contributed by atoms with E-state index in [4.69, 9.17) is 5.11 Å². The minimum atomic E-state index is -0.835. The molecular formula is C13H14N2O3. The van der Waals surface area contributed by atoms with E-state index in [9.17, 15) is 10.0 Å². The van der Waals surface area contributed by atoms with Crippen LogP contribution in [0, 0.1) is 11.1 Å². The first-order valence-electron chi connectivity index (χ1n) is 5.76. The Morgan fingerprint density at radius 3 is 2.94 bits per heavy atom. The predicted molar refractivity (Wildman–Crippen MR) is 65.8 cm³/mol. The molecule has 0 spiro atoms. The maximum absolute atomic E-state index is 11.8. The van der Waals surface area contributed by atoms with Crippen molar-refractivity contribution in [3.8, 4) is 0 Å². The summed E-state index contributed by atoms with van der Waals surface area (Å²) in [6, 6.07) is 7.08. The molecule has 1 aromatic carbocycles. The fraction of sp³-hybridized carbons (Fsp3) is 0.308. The minimum Gasteiger partial charge on any atom is -0.618 e. The average Bonchev–Trinajstić information content (AvgIpc) is 2.27. The third-order valence-corrected chi connectivity index (χ3v) is 2.73. The van der Waals surface area contributed by atoms with E-state index in [1.54, 1.807) is 18.2 Å². The van der Waals surface area contributed by atoms with E-state index in [0.717, 1.165) is 4.73 Å². The van der Waals surface area contributed by atoms with Crippen molar-refractivity contribution in [1.29, 1.82) is 0 Å². The number of aromatic nitrogens is 2. The standard InChI is InChI=1S/C13H14N2O3/c1-9(7-13(16)17)6-10-8-15(18)12-5-3-2-4-11(12)14-10/h2-5,8-9H,6-7H2,1H3,(H,16,17). The van der Waals surface area contributed by atoms with Crippen LogP contribution < -0.4 is 4.73 Å². The molecular weight excluding hydrogens is 232 g/mol. The highest BCUT2D eigenvalue weighted by Gasteiger charge is 2.13. The molecule has 0 radical (unpaired) electrons. The van der Waals surface area contributed by atoms with Crippen molar-refractivity contribution in [2.45, 2.75) is 19.8 Å². The van der Waals surface area contributed by atoms with E-state index in [1.165, 1.54) is 6.20 Å². The van der Waals surface area contributed by atoms with Gasteiger partial charge in [-0.3, -0.25) is 4.79 Å². The molecule has 5 nitrogen and oxygen atoms in total. The van der Waals surface area contributed by atoms with E-state index < -0.39 is 5.97 Å². The molecule has 2 rings (SSSR count). The monoisotopic (exact) mass is 246 g/mol. The number of benzene rings is 1. The fourth-order valence-corrected chi connectivity index (χ4v) is 1.96. The molecule has 1 aromatic heterocycles. The largest absolute Gasteiger partial charge is 0.618 e. The molecule has 1 N–H and O–H groups in total. The van der Waals surface area contributed by atoms with Crippen LogP contribution in [0.5, 0.6) is 0 Å². The third-order valence-electron chi connectivity index (χ3n) is 2.73. The van der Waals surface area contributed by atoms with Gasteiger partial charge in [-0.05, 0) is 18.4 Å². The van der Waals surface area contributed by atoms with Gasteiger partial charge in [0.2, 0.25) is 11.7 Å². The zero-order chi connectivity index (χ0) is 13.1. The molecule has 0 amide bonds. The van der Waals surface area contributed by atoms with Crippen LogP contribution in [0.15, 0.2) is 30.5 Å². The van der Waals surface area contributed by atoms with Crippen molar-refractivity contribution in [3.05, 3.63) is 41.4 Å². The lowest BCUT2D eigenvalue weighted by Gasteiger charge is -2.08. The number of rotatable bonds is 4. The molecule has 1 atom stereocenters. The maximum Gasteiger partial charge on any atom is 0.303 e. The Morgan fingerprint density at radius 2 is 2.22 bits per heavy atom. The number of carbonyl (C=O) groups is 1. The molecule has 1 unspecified atom stereocenters. The highest BCUT2D eigenvalue weighted by Crippen LogP contribution is 2.12. The lowest BCUT2D eigenvalue weighted by Crippen LogP contribution is -2.28. The lowest BCUT2D eigenvalue weighted by molar-refractivity contribution is -0.577. The van der Waals surface area contributed by atoms with Crippen LogP contribution in [0.4, 0.5) is 0 Å². The van der Waals surface area contributed by atoms with Crippen LogP contribution in [0.2, 0.25) is 0 Å². The molecule has 94 valence electrons. The Kier molecular flexibility index (Phi) is 3.41.